The van der Waals surface area contributed by atoms with Crippen molar-refractivity contribution in [1.82, 2.24) is 0 Å². The lowest BCUT2D eigenvalue weighted by molar-refractivity contribution is -0.282. The van der Waals surface area contributed by atoms with Gasteiger partial charge in [-0.1, -0.05) is 60.1 Å². The van der Waals surface area contributed by atoms with Crippen molar-refractivity contribution < 1.29 is 53.1 Å². The normalized spacial score (nSPS) is 46.1. The Labute approximate surface area is 308 Å². The van der Waals surface area contributed by atoms with Gasteiger partial charge in [-0.25, -0.2) is 0 Å². The van der Waals surface area contributed by atoms with E-state index < -0.39 is 60.0 Å². The third kappa shape index (κ3) is 5.94. The minimum Gasteiger partial charge on any atom is -0.456 e. The first-order valence-electron chi connectivity index (χ1n) is 19.4. The van der Waals surface area contributed by atoms with Crippen LogP contribution in [0.5, 0.6) is 0 Å². The Morgan fingerprint density at radius 2 is 1.37 bits per heavy atom. The summed E-state index contributed by atoms with van der Waals surface area (Å²) in [6.07, 6.45) is 2.57. The quantitative estimate of drug-likeness (QED) is 0.200. The monoisotopic (exact) mass is 730 g/mol. The Kier molecular flexibility index (Phi) is 9.85. The molecule has 1 saturated heterocycles. The van der Waals surface area contributed by atoms with Gasteiger partial charge in [0.25, 0.3) is 0 Å². The molecule has 6 rings (SSSR count). The molecule has 4 saturated carbocycles. The highest BCUT2D eigenvalue weighted by Crippen LogP contribution is 2.75. The van der Waals surface area contributed by atoms with E-state index in [1.807, 2.05) is 0 Å². The van der Waals surface area contributed by atoms with Crippen LogP contribution in [-0.4, -0.2) is 77.5 Å². The average Bonchev–Trinajstić information content (AvgIpc) is 3.01. The van der Waals surface area contributed by atoms with E-state index in [-0.39, 0.29) is 45.7 Å². The fourth-order valence-corrected chi connectivity index (χ4v) is 12.7. The lowest BCUT2D eigenvalue weighted by Gasteiger charge is -2.71. The van der Waals surface area contributed by atoms with Gasteiger partial charge in [-0.05, 0) is 103 Å². The van der Waals surface area contributed by atoms with E-state index in [1.54, 1.807) is 0 Å². The number of esters is 4. The second-order valence-electron chi connectivity index (χ2n) is 19.3. The molecule has 5 fully saturated rings. The van der Waals surface area contributed by atoms with E-state index >= 15 is 0 Å². The average molecular weight is 731 g/mol. The second-order valence-corrected chi connectivity index (χ2v) is 19.3. The van der Waals surface area contributed by atoms with Gasteiger partial charge in [0, 0.05) is 20.8 Å². The van der Waals surface area contributed by atoms with Crippen molar-refractivity contribution in [2.45, 2.75) is 164 Å². The largest absolute Gasteiger partial charge is 0.456 e. The molecule has 5 aliphatic carbocycles. The van der Waals surface area contributed by atoms with Crippen molar-refractivity contribution >= 4 is 23.9 Å². The number of fused-ring (bicyclic) bond motifs is 7. The number of allylic oxidation sites excluding steroid dienone is 2. The van der Waals surface area contributed by atoms with E-state index in [2.05, 4.69) is 54.5 Å². The van der Waals surface area contributed by atoms with Gasteiger partial charge in [0.2, 0.25) is 12.4 Å². The summed E-state index contributed by atoms with van der Waals surface area (Å²) in [6, 6.07) is 0. The first-order valence-corrected chi connectivity index (χ1v) is 19.4. The molecular weight excluding hydrogens is 668 g/mol. The van der Waals surface area contributed by atoms with E-state index in [4.69, 9.17) is 23.7 Å². The summed E-state index contributed by atoms with van der Waals surface area (Å²) in [5, 5.41) is 23.7. The number of aliphatic hydroxyl groups is 2. The van der Waals surface area contributed by atoms with Crippen LogP contribution in [0.25, 0.3) is 0 Å². The highest BCUT2D eigenvalue weighted by molar-refractivity contribution is 5.80. The molecular formula is C41H62O11. The van der Waals surface area contributed by atoms with Crippen LogP contribution < -0.4 is 0 Å². The highest BCUT2D eigenvalue weighted by atomic mass is 16.7. The van der Waals surface area contributed by atoms with Crippen LogP contribution in [0.3, 0.4) is 0 Å². The predicted octanol–water partition coefficient (Wildman–Crippen LogP) is 5.81. The maximum Gasteiger partial charge on any atom is 0.317 e. The maximum absolute atomic E-state index is 14.9. The summed E-state index contributed by atoms with van der Waals surface area (Å²) >= 11 is 0. The molecule has 0 unspecified atom stereocenters. The fraction of sp³-hybridized carbons (Fsp3) is 0.854. The minimum absolute atomic E-state index is 0.0253. The molecule has 1 heterocycles. The minimum atomic E-state index is -1.47. The summed E-state index contributed by atoms with van der Waals surface area (Å²) in [7, 11) is 0. The number of carbonyl (C=O) groups excluding carboxylic acids is 4. The van der Waals surface area contributed by atoms with E-state index in [9.17, 15) is 29.4 Å². The second kappa shape index (κ2) is 13.1. The van der Waals surface area contributed by atoms with Crippen LogP contribution >= 0.6 is 0 Å². The molecule has 292 valence electrons. The SMILES string of the molecule is CC(=O)O[C@@H]1[C@@H](OC(C)=O)[C@H](OC(=O)[C@]23CCC(C)(C)C[C@H]2C2=CC[C@@H]4[C@@]5(C)CC[C@H](O)C(C)(C)[C@@H]5CC[C@@]4(C)[C@]2(C)C[C@H]3O)OC[C@@H]1OC(C)=O. The molecule has 2 N–H and O–H groups in total. The van der Waals surface area contributed by atoms with Crippen LogP contribution in [0, 0.1) is 50.2 Å². The summed E-state index contributed by atoms with van der Waals surface area (Å²) in [4.78, 5) is 51.3. The number of hydrogen-bond donors (Lipinski definition) is 2. The molecule has 0 spiro atoms. The molecule has 0 radical (unpaired) electrons. The first-order chi connectivity index (χ1) is 24.0. The highest BCUT2D eigenvalue weighted by Gasteiger charge is 2.71. The number of ether oxygens (including phenoxy) is 5. The van der Waals surface area contributed by atoms with Gasteiger partial charge in [-0.3, -0.25) is 19.2 Å². The zero-order chi connectivity index (χ0) is 38.4. The number of carbonyl (C=O) groups is 4. The summed E-state index contributed by atoms with van der Waals surface area (Å²) in [5.74, 6) is -2.28. The third-order valence-corrected chi connectivity index (χ3v) is 15.6. The molecule has 0 bridgehead atoms. The molecule has 11 heteroatoms. The lowest BCUT2D eigenvalue weighted by atomic mass is 9.33. The van der Waals surface area contributed by atoms with Crippen molar-refractivity contribution in [3.8, 4) is 0 Å². The van der Waals surface area contributed by atoms with Crippen LogP contribution in [0.15, 0.2) is 11.6 Å². The van der Waals surface area contributed by atoms with E-state index in [0.29, 0.717) is 37.5 Å². The van der Waals surface area contributed by atoms with Crippen LogP contribution in [0.4, 0.5) is 0 Å². The lowest BCUT2D eigenvalue weighted by Crippen LogP contribution is -2.68. The Morgan fingerprint density at radius 3 is 2.00 bits per heavy atom. The predicted molar refractivity (Wildman–Crippen MR) is 189 cm³/mol. The molecule has 6 aliphatic rings. The van der Waals surface area contributed by atoms with Crippen molar-refractivity contribution in [2.75, 3.05) is 6.61 Å². The molecule has 0 aromatic heterocycles. The van der Waals surface area contributed by atoms with Gasteiger partial charge in [-0.2, -0.15) is 0 Å². The van der Waals surface area contributed by atoms with Crippen molar-refractivity contribution in [3.63, 3.8) is 0 Å². The third-order valence-electron chi connectivity index (χ3n) is 15.6. The number of rotatable bonds is 5. The van der Waals surface area contributed by atoms with Gasteiger partial charge >= 0.3 is 23.9 Å². The zero-order valence-corrected chi connectivity index (χ0v) is 32.9. The summed E-state index contributed by atoms with van der Waals surface area (Å²) in [6.45, 7) is 19.4. The molecule has 1 aliphatic heterocycles. The Hall–Kier alpha value is -2.50. The number of aliphatic hydroxyl groups excluding tert-OH is 2. The van der Waals surface area contributed by atoms with Gasteiger partial charge in [0.1, 0.15) is 5.41 Å². The van der Waals surface area contributed by atoms with Crippen molar-refractivity contribution in [3.05, 3.63) is 11.6 Å². The van der Waals surface area contributed by atoms with Crippen LogP contribution in [-0.2, 0) is 42.9 Å². The molecule has 0 aromatic rings. The van der Waals surface area contributed by atoms with E-state index in [0.717, 1.165) is 32.1 Å². The molecule has 11 nitrogen and oxygen atoms in total. The molecule has 52 heavy (non-hydrogen) atoms. The Morgan fingerprint density at radius 1 is 0.731 bits per heavy atom. The standard InChI is InChI=1S/C41H62O11/c1-22(42)49-27-21-48-34(33(51-24(3)44)32(27)50-23(2)43)52-35(47)41-18-17-36(4,5)19-26(41)25-11-12-29-38(8)15-14-30(45)37(6,7)28(38)13-16-39(29,9)40(25,10)20-31(41)46/h11,26-34,45-46H,12-21H2,1-10H3/t26-,27-,28-,29+,30-,31+,32-,33+,34-,38-,39+,40+,41+/m0/s1. The molecule has 0 aromatic carbocycles. The summed E-state index contributed by atoms with van der Waals surface area (Å²) < 4.78 is 28.5. The van der Waals surface area contributed by atoms with Gasteiger partial charge < -0.3 is 33.9 Å². The fourth-order valence-electron chi connectivity index (χ4n) is 12.7. The number of hydrogen-bond acceptors (Lipinski definition) is 11. The van der Waals surface area contributed by atoms with Gasteiger partial charge in [0.15, 0.2) is 12.2 Å². The van der Waals surface area contributed by atoms with Crippen LogP contribution in [0.1, 0.15) is 127 Å². The summed E-state index contributed by atoms with van der Waals surface area (Å²) in [5.41, 5.74) is -0.840. The van der Waals surface area contributed by atoms with Gasteiger partial charge in [-0.15, -0.1) is 0 Å². The molecule has 0 amide bonds. The topological polar surface area (TPSA) is 155 Å². The van der Waals surface area contributed by atoms with Crippen molar-refractivity contribution in [2.24, 2.45) is 50.2 Å². The van der Waals surface area contributed by atoms with Gasteiger partial charge in [0.05, 0.1) is 18.8 Å². The van der Waals surface area contributed by atoms with E-state index in [1.165, 1.54) is 26.3 Å². The Balaban J connectivity index is 1.37. The zero-order valence-electron chi connectivity index (χ0n) is 32.9. The van der Waals surface area contributed by atoms with Crippen LogP contribution in [0.2, 0.25) is 0 Å². The maximum atomic E-state index is 14.9. The smallest absolute Gasteiger partial charge is 0.317 e. The first kappa shape index (κ1) is 39.2. The van der Waals surface area contributed by atoms with Crippen molar-refractivity contribution in [1.29, 1.82) is 0 Å². The Bertz CT molecular complexity index is 1500. The molecule has 13 atom stereocenters.